The fourth-order valence-corrected chi connectivity index (χ4v) is 4.65. The van der Waals surface area contributed by atoms with E-state index < -0.39 is 0 Å². The zero-order valence-electron chi connectivity index (χ0n) is 16.7. The highest BCUT2D eigenvalue weighted by Gasteiger charge is 2.40. The van der Waals surface area contributed by atoms with Gasteiger partial charge in [0.2, 0.25) is 0 Å². The van der Waals surface area contributed by atoms with Gasteiger partial charge in [-0.05, 0) is 58.1 Å². The Hall–Kier alpha value is -2.69. The molecule has 144 valence electrons. The quantitative estimate of drug-likeness (QED) is 0.665. The first-order valence-corrected chi connectivity index (χ1v) is 10.2. The molecule has 2 aromatic heterocycles. The molecule has 1 saturated heterocycles. The number of piperidine rings is 1. The van der Waals surface area contributed by atoms with E-state index in [4.69, 9.17) is 4.98 Å². The highest BCUT2D eigenvalue weighted by molar-refractivity contribution is 6.07. The number of rotatable bonds is 2. The molecule has 5 nitrogen and oxygen atoms in total. The Kier molecular flexibility index (Phi) is 3.83. The molecular weight excluding hydrogens is 348 g/mol. The van der Waals surface area contributed by atoms with Crippen molar-refractivity contribution in [1.29, 1.82) is 0 Å². The van der Waals surface area contributed by atoms with Crippen molar-refractivity contribution in [3.8, 4) is 11.3 Å². The topological polar surface area (TPSA) is 51.0 Å². The second-order valence-corrected chi connectivity index (χ2v) is 9.21. The Morgan fingerprint density at radius 1 is 1.18 bits per heavy atom. The fourth-order valence-electron chi connectivity index (χ4n) is 4.65. The van der Waals surface area contributed by atoms with Crippen molar-refractivity contribution in [2.75, 3.05) is 6.54 Å². The predicted molar refractivity (Wildman–Crippen MR) is 110 cm³/mol. The van der Waals surface area contributed by atoms with Crippen LogP contribution in [-0.2, 0) is 5.54 Å². The fraction of sp³-hybridized carbons (Fsp3) is 0.435. The molecule has 1 amide bonds. The van der Waals surface area contributed by atoms with Gasteiger partial charge in [-0.1, -0.05) is 18.2 Å². The zero-order chi connectivity index (χ0) is 19.5. The Balaban J connectivity index is 1.60. The third-order valence-corrected chi connectivity index (χ3v) is 6.18. The number of hydrogen-bond acceptors (Lipinski definition) is 3. The molecule has 1 aliphatic heterocycles. The van der Waals surface area contributed by atoms with Crippen LogP contribution in [0.5, 0.6) is 0 Å². The minimum absolute atomic E-state index is 0.0947. The summed E-state index contributed by atoms with van der Waals surface area (Å²) in [6.07, 6.45) is 7.44. The summed E-state index contributed by atoms with van der Waals surface area (Å²) in [5.41, 5.74) is 3.27. The SMILES string of the molecule is CC(C)(C)n1cc(-c2cc(C(=O)N3C[C@H]4CC[C@H]3C4)c3ccccc3n2)cn1. The summed E-state index contributed by atoms with van der Waals surface area (Å²) in [7, 11) is 0. The Bertz CT molecular complexity index is 1060. The summed E-state index contributed by atoms with van der Waals surface area (Å²) in [6, 6.07) is 10.3. The van der Waals surface area contributed by atoms with Gasteiger partial charge in [0, 0.05) is 29.7 Å². The van der Waals surface area contributed by atoms with Gasteiger partial charge in [-0.25, -0.2) is 4.98 Å². The van der Waals surface area contributed by atoms with Crippen LogP contribution in [0.25, 0.3) is 22.2 Å². The molecule has 1 aliphatic carbocycles. The molecule has 5 rings (SSSR count). The number of likely N-dealkylation sites (tertiary alicyclic amines) is 1. The maximum Gasteiger partial charge on any atom is 0.254 e. The van der Waals surface area contributed by atoms with Crippen molar-refractivity contribution in [3.63, 3.8) is 0 Å². The van der Waals surface area contributed by atoms with Crippen LogP contribution in [0.1, 0.15) is 50.4 Å². The number of hydrogen-bond donors (Lipinski definition) is 0. The number of amides is 1. The second-order valence-electron chi connectivity index (χ2n) is 9.21. The van der Waals surface area contributed by atoms with Crippen LogP contribution in [0.15, 0.2) is 42.7 Å². The molecule has 2 atom stereocenters. The first kappa shape index (κ1) is 17.4. The van der Waals surface area contributed by atoms with Gasteiger partial charge < -0.3 is 4.90 Å². The van der Waals surface area contributed by atoms with E-state index in [2.05, 4.69) is 30.8 Å². The molecule has 2 aliphatic rings. The molecule has 2 fully saturated rings. The minimum Gasteiger partial charge on any atom is -0.335 e. The van der Waals surface area contributed by atoms with Crippen LogP contribution in [0, 0.1) is 5.92 Å². The van der Waals surface area contributed by atoms with E-state index in [1.165, 1.54) is 12.8 Å². The average molecular weight is 374 g/mol. The molecule has 0 spiro atoms. The molecule has 1 aromatic carbocycles. The van der Waals surface area contributed by atoms with Crippen molar-refractivity contribution in [1.82, 2.24) is 19.7 Å². The van der Waals surface area contributed by atoms with Gasteiger partial charge in [0.05, 0.1) is 28.5 Å². The van der Waals surface area contributed by atoms with Crippen molar-refractivity contribution in [2.24, 2.45) is 5.92 Å². The van der Waals surface area contributed by atoms with E-state index in [9.17, 15) is 4.79 Å². The molecule has 3 aromatic rings. The first-order valence-electron chi connectivity index (χ1n) is 10.2. The van der Waals surface area contributed by atoms with Crippen molar-refractivity contribution >= 4 is 16.8 Å². The summed E-state index contributed by atoms with van der Waals surface area (Å²) in [6.45, 7) is 7.26. The van der Waals surface area contributed by atoms with Gasteiger partial charge in [-0.2, -0.15) is 5.10 Å². The molecule has 2 bridgehead atoms. The number of fused-ring (bicyclic) bond motifs is 3. The summed E-state index contributed by atoms with van der Waals surface area (Å²) >= 11 is 0. The van der Waals surface area contributed by atoms with Gasteiger partial charge in [0.1, 0.15) is 0 Å². The smallest absolute Gasteiger partial charge is 0.254 e. The highest BCUT2D eigenvalue weighted by Crippen LogP contribution is 2.39. The highest BCUT2D eigenvalue weighted by atomic mass is 16.2. The van der Waals surface area contributed by atoms with Crippen LogP contribution < -0.4 is 0 Å². The average Bonchev–Trinajstić information content (AvgIpc) is 3.42. The number of benzene rings is 1. The lowest BCUT2D eigenvalue weighted by molar-refractivity contribution is 0.0705. The van der Waals surface area contributed by atoms with E-state index in [1.54, 1.807) is 0 Å². The molecule has 5 heteroatoms. The lowest BCUT2D eigenvalue weighted by atomic mass is 10.0. The van der Waals surface area contributed by atoms with Crippen LogP contribution in [0.4, 0.5) is 0 Å². The Morgan fingerprint density at radius 3 is 2.68 bits per heavy atom. The van der Waals surface area contributed by atoms with Crippen molar-refractivity contribution < 1.29 is 4.79 Å². The molecule has 0 unspecified atom stereocenters. The predicted octanol–water partition coefficient (Wildman–Crippen LogP) is 4.48. The second kappa shape index (κ2) is 6.16. The standard InChI is InChI=1S/C23H26N4O/c1-23(2,3)27-14-16(12-24-27)21-11-19(18-6-4-5-7-20(18)25-21)22(28)26-13-15-8-9-17(26)10-15/h4-7,11-12,14-15,17H,8-10,13H2,1-3H3/t15-,17-/m0/s1. The van der Waals surface area contributed by atoms with Crippen LogP contribution in [-0.4, -0.2) is 38.2 Å². The van der Waals surface area contributed by atoms with Crippen LogP contribution >= 0.6 is 0 Å². The van der Waals surface area contributed by atoms with Crippen LogP contribution in [0.2, 0.25) is 0 Å². The molecule has 0 N–H and O–H groups in total. The van der Waals surface area contributed by atoms with E-state index in [-0.39, 0.29) is 11.4 Å². The molecular formula is C23H26N4O. The van der Waals surface area contributed by atoms with Gasteiger partial charge in [-0.15, -0.1) is 0 Å². The number of carbonyl (C=O) groups excluding carboxylic acids is 1. The van der Waals surface area contributed by atoms with E-state index in [0.29, 0.717) is 12.0 Å². The third-order valence-electron chi connectivity index (χ3n) is 6.18. The number of pyridine rings is 1. The van der Waals surface area contributed by atoms with Gasteiger partial charge in [0.25, 0.3) is 5.91 Å². The lowest BCUT2D eigenvalue weighted by Gasteiger charge is -2.27. The Morgan fingerprint density at radius 2 is 2.00 bits per heavy atom. The maximum absolute atomic E-state index is 13.5. The summed E-state index contributed by atoms with van der Waals surface area (Å²) in [4.78, 5) is 20.4. The number of carbonyl (C=O) groups is 1. The first-order chi connectivity index (χ1) is 13.4. The molecule has 28 heavy (non-hydrogen) atoms. The lowest BCUT2D eigenvalue weighted by Crippen LogP contribution is -2.37. The summed E-state index contributed by atoms with van der Waals surface area (Å²) in [5, 5.41) is 5.44. The summed E-state index contributed by atoms with van der Waals surface area (Å²) < 4.78 is 1.94. The Labute approximate surface area is 165 Å². The van der Waals surface area contributed by atoms with Crippen molar-refractivity contribution in [2.45, 2.75) is 51.6 Å². The maximum atomic E-state index is 13.5. The molecule has 1 saturated carbocycles. The van der Waals surface area contributed by atoms with Crippen molar-refractivity contribution in [3.05, 3.63) is 48.3 Å². The number of nitrogens with zero attached hydrogens (tertiary/aromatic N) is 4. The van der Waals surface area contributed by atoms with Gasteiger partial charge >= 0.3 is 0 Å². The third kappa shape index (κ3) is 2.81. The van der Waals surface area contributed by atoms with E-state index >= 15 is 0 Å². The van der Waals surface area contributed by atoms with E-state index in [1.807, 2.05) is 47.4 Å². The largest absolute Gasteiger partial charge is 0.335 e. The minimum atomic E-state index is -0.0947. The van der Waals surface area contributed by atoms with Gasteiger partial charge in [0.15, 0.2) is 0 Å². The normalized spacial score (nSPS) is 21.6. The van der Waals surface area contributed by atoms with Crippen LogP contribution in [0.3, 0.4) is 0 Å². The van der Waals surface area contributed by atoms with Gasteiger partial charge in [-0.3, -0.25) is 9.48 Å². The summed E-state index contributed by atoms with van der Waals surface area (Å²) in [5.74, 6) is 0.835. The number of aromatic nitrogens is 3. The monoisotopic (exact) mass is 374 g/mol. The number of para-hydroxylation sites is 1. The van der Waals surface area contributed by atoms with E-state index in [0.717, 1.165) is 40.7 Å². The zero-order valence-corrected chi connectivity index (χ0v) is 16.7. The molecule has 3 heterocycles. The molecule has 0 radical (unpaired) electrons.